The largest absolute Gasteiger partial charge is 0.492 e. The highest BCUT2D eigenvalue weighted by Gasteiger charge is 2.34. The second-order valence-corrected chi connectivity index (χ2v) is 6.96. The van der Waals surface area contributed by atoms with Crippen LogP contribution in [0.2, 0.25) is 0 Å². The molecule has 3 rings (SSSR count). The zero-order valence-corrected chi connectivity index (χ0v) is 16.8. The minimum absolute atomic E-state index is 0.115. The first kappa shape index (κ1) is 20.8. The summed E-state index contributed by atoms with van der Waals surface area (Å²) in [5.74, 6) is 0.612. The lowest BCUT2D eigenvalue weighted by Crippen LogP contribution is -2.25. The number of benzene rings is 2. The van der Waals surface area contributed by atoms with Crippen LogP contribution in [0.5, 0.6) is 5.75 Å². The van der Waals surface area contributed by atoms with E-state index in [9.17, 15) is 18.0 Å². The van der Waals surface area contributed by atoms with E-state index in [2.05, 4.69) is 36.5 Å². The molecule has 6 nitrogen and oxygen atoms in total. The Morgan fingerprint density at radius 2 is 1.97 bits per heavy atom. The van der Waals surface area contributed by atoms with Gasteiger partial charge in [-0.1, -0.05) is 15.9 Å². The predicted octanol–water partition coefficient (Wildman–Crippen LogP) is 4.67. The molecule has 0 aliphatic rings. The van der Waals surface area contributed by atoms with Gasteiger partial charge in [0.15, 0.2) is 0 Å². The highest BCUT2D eigenvalue weighted by molar-refractivity contribution is 9.10. The fourth-order valence-electron chi connectivity index (χ4n) is 2.61. The van der Waals surface area contributed by atoms with Crippen molar-refractivity contribution in [2.75, 3.05) is 18.5 Å². The SMILES string of the molecule is CC(=O)NCCOc1ccc2c(Nc3ccc(Br)cc3C(F)(F)F)ncnc2c1. The summed E-state index contributed by atoms with van der Waals surface area (Å²) in [7, 11) is 0. The molecule has 0 radical (unpaired) electrons. The number of rotatable bonds is 6. The molecule has 0 atom stereocenters. The number of anilines is 2. The average Bonchev–Trinajstić information content (AvgIpc) is 2.65. The summed E-state index contributed by atoms with van der Waals surface area (Å²) in [5, 5.41) is 5.91. The predicted molar refractivity (Wildman–Crippen MR) is 106 cm³/mol. The highest BCUT2D eigenvalue weighted by Crippen LogP contribution is 2.38. The van der Waals surface area contributed by atoms with Crippen molar-refractivity contribution in [2.45, 2.75) is 13.1 Å². The van der Waals surface area contributed by atoms with Gasteiger partial charge in [-0.15, -0.1) is 0 Å². The summed E-state index contributed by atoms with van der Waals surface area (Å²) in [6.07, 6.45) is -3.26. The molecule has 2 aromatic carbocycles. The average molecular weight is 469 g/mol. The summed E-state index contributed by atoms with van der Waals surface area (Å²) >= 11 is 3.07. The molecule has 0 aliphatic carbocycles. The van der Waals surface area contributed by atoms with Crippen LogP contribution in [0.15, 0.2) is 47.2 Å². The fourth-order valence-corrected chi connectivity index (χ4v) is 2.97. The van der Waals surface area contributed by atoms with Gasteiger partial charge in [-0.3, -0.25) is 4.79 Å². The number of hydrogen-bond acceptors (Lipinski definition) is 5. The van der Waals surface area contributed by atoms with Crippen molar-refractivity contribution >= 4 is 44.2 Å². The number of carbonyl (C=O) groups excluding carboxylic acids is 1. The van der Waals surface area contributed by atoms with Crippen LogP contribution in [-0.4, -0.2) is 29.0 Å². The second kappa shape index (κ2) is 8.64. The second-order valence-electron chi connectivity index (χ2n) is 6.05. The van der Waals surface area contributed by atoms with Crippen molar-refractivity contribution in [3.63, 3.8) is 0 Å². The third-order valence-corrected chi connectivity index (χ3v) is 4.39. The fraction of sp³-hybridized carbons (Fsp3) is 0.211. The molecule has 0 unspecified atom stereocenters. The topological polar surface area (TPSA) is 76.1 Å². The van der Waals surface area contributed by atoms with Gasteiger partial charge in [-0.05, 0) is 30.3 Å². The summed E-state index contributed by atoms with van der Waals surface area (Å²) in [6.45, 7) is 2.04. The molecular formula is C19H16BrF3N4O2. The number of hydrogen-bond donors (Lipinski definition) is 2. The highest BCUT2D eigenvalue weighted by atomic mass is 79.9. The van der Waals surface area contributed by atoms with Crippen LogP contribution in [0.4, 0.5) is 24.7 Å². The minimum Gasteiger partial charge on any atom is -0.492 e. The summed E-state index contributed by atoms with van der Waals surface area (Å²) < 4.78 is 46.0. The molecule has 0 fully saturated rings. The Balaban J connectivity index is 1.85. The molecule has 3 aromatic rings. The van der Waals surface area contributed by atoms with Crippen LogP contribution in [0, 0.1) is 0 Å². The quantitative estimate of drug-likeness (QED) is 0.514. The number of ether oxygens (including phenoxy) is 1. The molecule has 0 saturated heterocycles. The maximum absolute atomic E-state index is 13.4. The van der Waals surface area contributed by atoms with Crippen molar-refractivity contribution < 1.29 is 22.7 Å². The monoisotopic (exact) mass is 468 g/mol. The van der Waals surface area contributed by atoms with E-state index in [1.165, 1.54) is 25.4 Å². The first-order chi connectivity index (χ1) is 13.7. The number of halogens is 4. The first-order valence-electron chi connectivity index (χ1n) is 8.50. The van der Waals surface area contributed by atoms with Gasteiger partial charge in [-0.25, -0.2) is 9.97 Å². The number of nitrogens with one attached hydrogen (secondary N) is 2. The molecule has 152 valence electrons. The third kappa shape index (κ3) is 5.35. The van der Waals surface area contributed by atoms with Crippen molar-refractivity contribution in [1.29, 1.82) is 0 Å². The molecule has 0 bridgehead atoms. The van der Waals surface area contributed by atoms with E-state index in [-0.39, 0.29) is 24.0 Å². The molecule has 1 heterocycles. The van der Waals surface area contributed by atoms with Crippen molar-refractivity contribution in [1.82, 2.24) is 15.3 Å². The van der Waals surface area contributed by atoms with E-state index in [0.717, 1.165) is 6.07 Å². The maximum atomic E-state index is 13.4. The third-order valence-electron chi connectivity index (χ3n) is 3.89. The van der Waals surface area contributed by atoms with Crippen LogP contribution in [0.3, 0.4) is 0 Å². The molecule has 29 heavy (non-hydrogen) atoms. The first-order valence-corrected chi connectivity index (χ1v) is 9.29. The molecule has 0 aliphatic heterocycles. The van der Waals surface area contributed by atoms with Gasteiger partial charge in [-0.2, -0.15) is 13.2 Å². The number of nitrogens with zero attached hydrogens (tertiary/aromatic N) is 2. The van der Waals surface area contributed by atoms with Gasteiger partial charge in [0, 0.05) is 22.8 Å². The summed E-state index contributed by atoms with van der Waals surface area (Å²) in [4.78, 5) is 19.1. The molecular weight excluding hydrogens is 453 g/mol. The molecule has 2 N–H and O–H groups in total. The van der Waals surface area contributed by atoms with Crippen molar-refractivity contribution in [2.24, 2.45) is 0 Å². The summed E-state index contributed by atoms with van der Waals surface area (Å²) in [5.41, 5.74) is -0.418. The lowest BCUT2D eigenvalue weighted by molar-refractivity contribution is -0.137. The van der Waals surface area contributed by atoms with E-state index in [4.69, 9.17) is 4.74 Å². The molecule has 10 heteroatoms. The van der Waals surface area contributed by atoms with Gasteiger partial charge >= 0.3 is 6.18 Å². The Labute approximate surface area is 172 Å². The number of amides is 1. The number of fused-ring (bicyclic) bond motifs is 1. The Morgan fingerprint density at radius 3 is 2.69 bits per heavy atom. The van der Waals surface area contributed by atoms with Gasteiger partial charge in [0.2, 0.25) is 5.91 Å². The van der Waals surface area contributed by atoms with Crippen LogP contribution in [-0.2, 0) is 11.0 Å². The maximum Gasteiger partial charge on any atom is 0.418 e. The van der Waals surface area contributed by atoms with E-state index in [1.54, 1.807) is 18.2 Å². The number of carbonyl (C=O) groups is 1. The van der Waals surface area contributed by atoms with Crippen molar-refractivity contribution in [3.8, 4) is 5.75 Å². The van der Waals surface area contributed by atoms with Crippen LogP contribution < -0.4 is 15.4 Å². The van der Waals surface area contributed by atoms with E-state index in [1.807, 2.05) is 0 Å². The number of alkyl halides is 3. The van der Waals surface area contributed by atoms with Crippen LogP contribution in [0.25, 0.3) is 10.9 Å². The smallest absolute Gasteiger partial charge is 0.418 e. The number of aromatic nitrogens is 2. The van der Waals surface area contributed by atoms with E-state index in [0.29, 0.717) is 27.7 Å². The van der Waals surface area contributed by atoms with E-state index < -0.39 is 11.7 Å². The lowest BCUT2D eigenvalue weighted by Gasteiger charge is -2.15. The zero-order chi connectivity index (χ0) is 21.0. The Hall–Kier alpha value is -2.88. The van der Waals surface area contributed by atoms with Crippen LogP contribution in [0.1, 0.15) is 12.5 Å². The van der Waals surface area contributed by atoms with Crippen molar-refractivity contribution in [3.05, 3.63) is 52.8 Å². The Morgan fingerprint density at radius 1 is 1.17 bits per heavy atom. The van der Waals surface area contributed by atoms with E-state index >= 15 is 0 Å². The Bertz CT molecular complexity index is 1040. The normalized spacial score (nSPS) is 11.3. The van der Waals surface area contributed by atoms with Gasteiger partial charge in [0.05, 0.1) is 23.3 Å². The molecule has 0 saturated carbocycles. The van der Waals surface area contributed by atoms with Gasteiger partial charge < -0.3 is 15.4 Å². The molecule has 1 aromatic heterocycles. The van der Waals surface area contributed by atoms with Gasteiger partial charge in [0.25, 0.3) is 0 Å². The Kier molecular flexibility index (Phi) is 6.21. The van der Waals surface area contributed by atoms with Gasteiger partial charge in [0.1, 0.15) is 24.5 Å². The summed E-state index contributed by atoms with van der Waals surface area (Å²) in [6, 6.07) is 8.84. The van der Waals surface area contributed by atoms with Crippen LogP contribution >= 0.6 is 15.9 Å². The standard InChI is InChI=1S/C19H16BrF3N4O2/c1-11(28)24-6-7-29-13-3-4-14-17(9-13)25-10-26-18(14)27-16-5-2-12(20)8-15(16)19(21,22)23/h2-5,8-10H,6-7H2,1H3,(H,24,28)(H,25,26,27). The lowest BCUT2D eigenvalue weighted by atomic mass is 10.1. The minimum atomic E-state index is -4.52. The zero-order valence-electron chi connectivity index (χ0n) is 15.2. The molecule has 0 spiro atoms. The molecule has 1 amide bonds.